The molecule has 0 amide bonds. The van der Waals surface area contributed by atoms with Crippen LogP contribution in [0, 0.1) is 0 Å². The molecule has 0 bridgehead atoms. The summed E-state index contributed by atoms with van der Waals surface area (Å²) in [6.45, 7) is 4.58. The van der Waals surface area contributed by atoms with E-state index in [9.17, 15) is 0 Å². The first kappa shape index (κ1) is 31.5. The van der Waals surface area contributed by atoms with E-state index in [0.717, 1.165) is 6.42 Å². The number of rotatable bonds is 23. The number of benzene rings is 1. The number of hydrogen-bond donors (Lipinski definition) is 2. The van der Waals surface area contributed by atoms with E-state index in [1.54, 1.807) is 0 Å². The molecule has 0 atom stereocenters. The van der Waals surface area contributed by atoms with Crippen LogP contribution in [-0.2, 0) is 12.8 Å². The molecule has 34 heavy (non-hydrogen) atoms. The molecular weight excluding hydrogens is 450 g/mol. The van der Waals surface area contributed by atoms with Crippen LogP contribution in [0.1, 0.15) is 153 Å². The highest BCUT2D eigenvalue weighted by atomic mass is 32.1. The Balaban J connectivity index is 2.33. The molecule has 1 nitrogen and oxygen atoms in total. The topological polar surface area (TPSA) is 12.0 Å². The molecule has 1 rings (SSSR count). The van der Waals surface area contributed by atoms with E-state index in [2.05, 4.69) is 50.0 Å². The molecule has 0 saturated carbocycles. The fraction of sp³-hybridized carbons (Fsp3) is 0.774. The highest BCUT2D eigenvalue weighted by Gasteiger charge is 2.09. The molecule has 196 valence electrons. The van der Waals surface area contributed by atoms with Crippen molar-refractivity contribution in [2.75, 3.05) is 5.32 Å². The third-order valence-corrected chi connectivity index (χ3v) is 7.31. The van der Waals surface area contributed by atoms with Gasteiger partial charge in [-0.1, -0.05) is 154 Å². The van der Waals surface area contributed by atoms with Crippen molar-refractivity contribution in [1.82, 2.24) is 0 Å². The van der Waals surface area contributed by atoms with Crippen molar-refractivity contribution < 1.29 is 0 Å². The van der Waals surface area contributed by atoms with Crippen molar-refractivity contribution in [2.24, 2.45) is 0 Å². The number of aryl methyl sites for hydroxylation is 1. The lowest BCUT2D eigenvalue weighted by Crippen LogP contribution is -2.07. The fourth-order valence-corrected chi connectivity index (χ4v) is 5.22. The van der Waals surface area contributed by atoms with Gasteiger partial charge >= 0.3 is 0 Å². The van der Waals surface area contributed by atoms with Gasteiger partial charge < -0.3 is 5.32 Å². The standard InChI is InChI=1S/C31H55NS2/c1-3-5-7-9-11-13-15-17-19-21-24-28-25-23-27-30(32-31(33)34)29(28)26-22-20-18-16-14-12-10-8-6-4-2/h23,25,27H,3-22,24,26H2,1-2H3,(H2,32,33,34). The zero-order valence-electron chi connectivity index (χ0n) is 22.6. The average Bonchev–Trinajstić information content (AvgIpc) is 2.82. The lowest BCUT2D eigenvalue weighted by Gasteiger charge is -2.16. The smallest absolute Gasteiger partial charge is 0.135 e. The summed E-state index contributed by atoms with van der Waals surface area (Å²) in [6, 6.07) is 6.70. The normalized spacial score (nSPS) is 11.1. The third-order valence-electron chi connectivity index (χ3n) is 7.09. The minimum Gasteiger partial charge on any atom is -0.341 e. The van der Waals surface area contributed by atoms with E-state index in [4.69, 9.17) is 12.2 Å². The molecule has 0 aliphatic carbocycles. The van der Waals surface area contributed by atoms with Gasteiger partial charge in [0.25, 0.3) is 0 Å². The van der Waals surface area contributed by atoms with Crippen molar-refractivity contribution in [3.05, 3.63) is 29.3 Å². The Bertz CT molecular complexity index is 613. The Morgan fingerprint density at radius 2 is 1.03 bits per heavy atom. The van der Waals surface area contributed by atoms with Gasteiger partial charge in [-0.15, -0.1) is 12.6 Å². The minimum absolute atomic E-state index is 0.570. The van der Waals surface area contributed by atoms with Crippen LogP contribution in [0.2, 0.25) is 0 Å². The summed E-state index contributed by atoms with van der Waals surface area (Å²) >= 11 is 9.57. The molecule has 1 aromatic carbocycles. The summed E-state index contributed by atoms with van der Waals surface area (Å²) in [5, 5.41) is 3.33. The Labute approximate surface area is 224 Å². The van der Waals surface area contributed by atoms with Gasteiger partial charge in [-0.3, -0.25) is 0 Å². The first-order valence-electron chi connectivity index (χ1n) is 14.8. The van der Waals surface area contributed by atoms with E-state index < -0.39 is 0 Å². The predicted octanol–water partition coefficient (Wildman–Crippen LogP) is 11.2. The number of unbranched alkanes of at least 4 members (excludes halogenated alkanes) is 18. The molecule has 0 fully saturated rings. The predicted molar refractivity (Wildman–Crippen MR) is 163 cm³/mol. The molecule has 0 radical (unpaired) electrons. The molecular formula is C31H55NS2. The van der Waals surface area contributed by atoms with E-state index >= 15 is 0 Å². The first-order valence-corrected chi connectivity index (χ1v) is 15.6. The van der Waals surface area contributed by atoms with Gasteiger partial charge in [0.15, 0.2) is 0 Å². The quantitative estimate of drug-likeness (QED) is 0.0871. The van der Waals surface area contributed by atoms with Crippen molar-refractivity contribution in [3.8, 4) is 0 Å². The number of thiol groups is 1. The van der Waals surface area contributed by atoms with Crippen LogP contribution < -0.4 is 5.32 Å². The average molecular weight is 506 g/mol. The summed E-state index contributed by atoms with van der Waals surface area (Å²) in [7, 11) is 0. The van der Waals surface area contributed by atoms with Gasteiger partial charge in [0.2, 0.25) is 0 Å². The lowest BCUT2D eigenvalue weighted by molar-refractivity contribution is 0.553. The number of hydrogen-bond acceptors (Lipinski definition) is 1. The fourth-order valence-electron chi connectivity index (χ4n) is 4.99. The van der Waals surface area contributed by atoms with Crippen LogP contribution >= 0.6 is 24.8 Å². The summed E-state index contributed by atoms with van der Waals surface area (Å²) in [5.41, 5.74) is 4.18. The maximum Gasteiger partial charge on any atom is 0.135 e. The van der Waals surface area contributed by atoms with Crippen molar-refractivity contribution in [3.63, 3.8) is 0 Å². The third kappa shape index (κ3) is 17.0. The molecule has 0 unspecified atom stereocenters. The van der Waals surface area contributed by atoms with Crippen LogP contribution in [0.4, 0.5) is 5.69 Å². The number of anilines is 1. The summed E-state index contributed by atoms with van der Waals surface area (Å²) in [6.07, 6.45) is 30.1. The molecule has 0 spiro atoms. The first-order chi connectivity index (χ1) is 16.7. The van der Waals surface area contributed by atoms with Gasteiger partial charge in [0.1, 0.15) is 4.32 Å². The van der Waals surface area contributed by atoms with Crippen LogP contribution in [0.5, 0.6) is 0 Å². The van der Waals surface area contributed by atoms with E-state index in [1.807, 2.05) is 0 Å². The molecule has 0 aliphatic heterocycles. The van der Waals surface area contributed by atoms with Gasteiger partial charge in [-0.25, -0.2) is 0 Å². The lowest BCUT2D eigenvalue weighted by atomic mass is 9.94. The maximum atomic E-state index is 5.23. The van der Waals surface area contributed by atoms with Crippen LogP contribution in [0.3, 0.4) is 0 Å². The summed E-state index contributed by atoms with van der Waals surface area (Å²) in [4.78, 5) is 0. The number of thiocarbonyl (C=S) groups is 1. The summed E-state index contributed by atoms with van der Waals surface area (Å²) < 4.78 is 0.570. The highest BCUT2D eigenvalue weighted by Crippen LogP contribution is 2.25. The zero-order valence-corrected chi connectivity index (χ0v) is 24.4. The molecule has 3 heteroatoms. The summed E-state index contributed by atoms with van der Waals surface area (Å²) in [5.74, 6) is 0. The Morgan fingerprint density at radius 1 is 0.618 bits per heavy atom. The largest absolute Gasteiger partial charge is 0.341 e. The Morgan fingerprint density at radius 3 is 1.47 bits per heavy atom. The van der Waals surface area contributed by atoms with Crippen molar-refractivity contribution >= 4 is 34.9 Å². The SMILES string of the molecule is CCCCCCCCCCCCc1cccc(NC(=S)S)c1CCCCCCCCCCCC. The van der Waals surface area contributed by atoms with Gasteiger partial charge in [-0.2, -0.15) is 0 Å². The monoisotopic (exact) mass is 505 g/mol. The second-order valence-corrected chi connectivity index (χ2v) is 11.4. The Hall–Kier alpha value is -0.540. The van der Waals surface area contributed by atoms with Crippen molar-refractivity contribution in [2.45, 2.75) is 155 Å². The molecule has 1 aromatic rings. The van der Waals surface area contributed by atoms with E-state index in [1.165, 1.54) is 152 Å². The minimum atomic E-state index is 0.570. The second-order valence-electron chi connectivity index (χ2n) is 10.2. The van der Waals surface area contributed by atoms with Crippen LogP contribution in [0.15, 0.2) is 18.2 Å². The van der Waals surface area contributed by atoms with E-state index in [0.29, 0.717) is 4.32 Å². The van der Waals surface area contributed by atoms with Gasteiger partial charge in [-0.05, 0) is 42.9 Å². The second kappa shape index (κ2) is 22.9. The molecule has 0 aliphatic rings. The molecule has 0 aromatic heterocycles. The zero-order chi connectivity index (χ0) is 24.7. The van der Waals surface area contributed by atoms with Gasteiger partial charge in [0.05, 0.1) is 0 Å². The van der Waals surface area contributed by atoms with Crippen molar-refractivity contribution in [1.29, 1.82) is 0 Å². The van der Waals surface area contributed by atoms with Gasteiger partial charge in [0, 0.05) is 5.69 Å². The molecule has 0 saturated heterocycles. The van der Waals surface area contributed by atoms with E-state index in [-0.39, 0.29) is 0 Å². The highest BCUT2D eigenvalue weighted by molar-refractivity contribution is 8.11. The van der Waals surface area contributed by atoms with Crippen LogP contribution in [-0.4, -0.2) is 4.32 Å². The van der Waals surface area contributed by atoms with Crippen LogP contribution in [0.25, 0.3) is 0 Å². The number of nitrogens with one attached hydrogen (secondary N) is 1. The Kier molecular flexibility index (Phi) is 21.2. The maximum absolute atomic E-state index is 5.23. The molecule has 0 heterocycles. The molecule has 1 N–H and O–H groups in total.